The summed E-state index contributed by atoms with van der Waals surface area (Å²) in [5.74, 6) is 0.690. The van der Waals surface area contributed by atoms with E-state index >= 15 is 0 Å². The van der Waals surface area contributed by atoms with Crippen molar-refractivity contribution < 1.29 is 0 Å². The van der Waals surface area contributed by atoms with E-state index in [1.165, 1.54) is 0 Å². The van der Waals surface area contributed by atoms with Crippen molar-refractivity contribution in [2.75, 3.05) is 18.1 Å². The second-order valence-electron chi connectivity index (χ2n) is 4.41. The number of hydrogen-bond acceptors (Lipinski definition) is 4. The number of benzene rings is 1. The molecule has 0 saturated carbocycles. The molecule has 0 aliphatic rings. The Kier molecular flexibility index (Phi) is 5.68. The van der Waals surface area contributed by atoms with E-state index in [9.17, 15) is 0 Å². The van der Waals surface area contributed by atoms with Gasteiger partial charge in [-0.1, -0.05) is 37.1 Å². The molecule has 0 aliphatic carbocycles. The molecule has 2 rings (SSSR count). The Hall–Kier alpha value is -1.26. The fourth-order valence-electron chi connectivity index (χ4n) is 1.75. The molecule has 3 nitrogen and oxygen atoms in total. The van der Waals surface area contributed by atoms with Crippen LogP contribution in [0.15, 0.2) is 35.4 Å². The highest BCUT2D eigenvalue weighted by Gasteiger charge is 2.06. The van der Waals surface area contributed by atoms with E-state index in [-0.39, 0.29) is 0 Å². The van der Waals surface area contributed by atoms with Gasteiger partial charge in [0.1, 0.15) is 5.03 Å². The minimum absolute atomic E-state index is 0.690. The topological polar surface area (TPSA) is 37.8 Å². The van der Waals surface area contributed by atoms with Gasteiger partial charge in [0, 0.05) is 17.1 Å². The quantitative estimate of drug-likeness (QED) is 0.475. The van der Waals surface area contributed by atoms with Gasteiger partial charge in [-0.05, 0) is 30.9 Å². The lowest BCUT2D eigenvalue weighted by Gasteiger charge is -2.08. The fraction of sp³-hybridized carbons (Fsp3) is 0.333. The highest BCUT2D eigenvalue weighted by atomic mass is 35.5. The average molecular weight is 308 g/mol. The van der Waals surface area contributed by atoms with Gasteiger partial charge in [-0.15, -0.1) is 11.8 Å². The van der Waals surface area contributed by atoms with Gasteiger partial charge < -0.3 is 5.32 Å². The molecule has 0 unspecified atom stereocenters. The predicted octanol–water partition coefficient (Wildman–Crippen LogP) is 4.73. The summed E-state index contributed by atoms with van der Waals surface area (Å²) < 4.78 is 0. The summed E-state index contributed by atoms with van der Waals surface area (Å²) >= 11 is 7.54. The van der Waals surface area contributed by atoms with Gasteiger partial charge in [-0.2, -0.15) is 0 Å². The van der Waals surface area contributed by atoms with E-state index in [4.69, 9.17) is 11.6 Å². The third-order valence-corrected chi connectivity index (χ3v) is 3.74. The fourth-order valence-corrected chi connectivity index (χ4v) is 2.29. The molecule has 0 spiro atoms. The van der Waals surface area contributed by atoms with Crippen LogP contribution < -0.4 is 5.32 Å². The average Bonchev–Trinajstić information content (AvgIpc) is 2.48. The molecule has 1 N–H and O–H groups in total. The Balaban J connectivity index is 2.27. The maximum absolute atomic E-state index is 5.92. The maximum Gasteiger partial charge on any atom is 0.224 e. The van der Waals surface area contributed by atoms with Crippen molar-refractivity contribution >= 4 is 29.3 Å². The van der Waals surface area contributed by atoms with Crippen molar-refractivity contribution in [3.63, 3.8) is 0 Å². The van der Waals surface area contributed by atoms with E-state index in [0.717, 1.165) is 40.7 Å². The Labute approximate surface area is 129 Å². The molecule has 0 saturated heterocycles. The number of nitrogens with one attached hydrogen (secondary N) is 1. The van der Waals surface area contributed by atoms with E-state index in [1.54, 1.807) is 11.8 Å². The van der Waals surface area contributed by atoms with Crippen molar-refractivity contribution in [2.45, 2.75) is 24.8 Å². The van der Waals surface area contributed by atoms with Gasteiger partial charge in [0.25, 0.3) is 0 Å². The van der Waals surface area contributed by atoms with E-state index < -0.39 is 0 Å². The van der Waals surface area contributed by atoms with Crippen molar-refractivity contribution in [2.24, 2.45) is 0 Å². The molecule has 0 radical (unpaired) electrons. The van der Waals surface area contributed by atoms with Crippen molar-refractivity contribution in [1.82, 2.24) is 9.97 Å². The minimum Gasteiger partial charge on any atom is -0.354 e. The summed E-state index contributed by atoms with van der Waals surface area (Å²) in [6.07, 6.45) is 4.28. The number of rotatable bonds is 6. The zero-order chi connectivity index (χ0) is 14.4. The van der Waals surface area contributed by atoms with Crippen LogP contribution in [0.2, 0.25) is 5.02 Å². The smallest absolute Gasteiger partial charge is 0.224 e. The van der Waals surface area contributed by atoms with E-state index in [2.05, 4.69) is 22.2 Å². The third kappa shape index (κ3) is 4.12. The van der Waals surface area contributed by atoms with E-state index in [1.807, 2.05) is 36.6 Å². The van der Waals surface area contributed by atoms with Crippen LogP contribution in [-0.4, -0.2) is 22.8 Å². The molecule has 2 aromatic rings. The van der Waals surface area contributed by atoms with Crippen molar-refractivity contribution in [3.8, 4) is 11.3 Å². The molecule has 20 heavy (non-hydrogen) atoms. The molecule has 106 valence electrons. The molecule has 0 atom stereocenters. The lowest BCUT2D eigenvalue weighted by atomic mass is 10.1. The maximum atomic E-state index is 5.92. The zero-order valence-electron chi connectivity index (χ0n) is 11.7. The standard InChI is InChI=1S/C15H18ClN3S/c1-3-4-9-17-15-18-13(10-14(19-15)20-2)11-5-7-12(16)8-6-11/h5-8,10H,3-4,9H2,1-2H3,(H,17,18,19). The summed E-state index contributed by atoms with van der Waals surface area (Å²) in [4.78, 5) is 9.06. The first-order chi connectivity index (χ1) is 9.72. The largest absolute Gasteiger partial charge is 0.354 e. The number of unbranched alkanes of at least 4 members (excludes halogenated alkanes) is 1. The van der Waals surface area contributed by atoms with Crippen LogP contribution in [0.5, 0.6) is 0 Å². The molecule has 1 aromatic heterocycles. The second kappa shape index (κ2) is 7.50. The third-order valence-electron chi connectivity index (χ3n) is 2.87. The van der Waals surface area contributed by atoms with Crippen LogP contribution in [0.1, 0.15) is 19.8 Å². The molecular formula is C15H18ClN3S. The first-order valence-corrected chi connectivity index (χ1v) is 8.26. The lowest BCUT2D eigenvalue weighted by Crippen LogP contribution is -2.06. The van der Waals surface area contributed by atoms with Crippen LogP contribution in [0.3, 0.4) is 0 Å². The molecule has 0 fully saturated rings. The van der Waals surface area contributed by atoms with Crippen LogP contribution in [-0.2, 0) is 0 Å². The molecular weight excluding hydrogens is 290 g/mol. The zero-order valence-corrected chi connectivity index (χ0v) is 13.3. The van der Waals surface area contributed by atoms with Crippen LogP contribution in [0.25, 0.3) is 11.3 Å². The van der Waals surface area contributed by atoms with Crippen molar-refractivity contribution in [3.05, 3.63) is 35.4 Å². The molecule has 5 heteroatoms. The molecule has 0 amide bonds. The summed E-state index contributed by atoms with van der Waals surface area (Å²) in [5.41, 5.74) is 1.96. The minimum atomic E-state index is 0.690. The number of hydrogen-bond donors (Lipinski definition) is 1. The number of aromatic nitrogens is 2. The predicted molar refractivity (Wildman–Crippen MR) is 87.7 cm³/mol. The van der Waals surface area contributed by atoms with Crippen LogP contribution in [0, 0.1) is 0 Å². The molecule has 0 aliphatic heterocycles. The van der Waals surface area contributed by atoms with Gasteiger partial charge in [0.15, 0.2) is 0 Å². The van der Waals surface area contributed by atoms with Gasteiger partial charge in [-0.25, -0.2) is 9.97 Å². The monoisotopic (exact) mass is 307 g/mol. The van der Waals surface area contributed by atoms with Crippen molar-refractivity contribution in [1.29, 1.82) is 0 Å². The summed E-state index contributed by atoms with van der Waals surface area (Å²) in [6, 6.07) is 9.71. The SMILES string of the molecule is CCCCNc1nc(SC)cc(-c2ccc(Cl)cc2)n1. The number of anilines is 1. The Bertz CT molecular complexity index is 558. The Morgan fingerprint density at radius 2 is 1.95 bits per heavy atom. The highest BCUT2D eigenvalue weighted by Crippen LogP contribution is 2.24. The normalized spacial score (nSPS) is 10.6. The number of halogens is 1. The summed E-state index contributed by atoms with van der Waals surface area (Å²) in [5, 5.41) is 4.97. The first-order valence-electron chi connectivity index (χ1n) is 6.66. The first kappa shape index (κ1) is 15.1. The van der Waals surface area contributed by atoms with Gasteiger partial charge in [-0.3, -0.25) is 0 Å². The number of nitrogens with zero attached hydrogens (tertiary/aromatic N) is 2. The Morgan fingerprint density at radius 3 is 2.60 bits per heavy atom. The van der Waals surface area contributed by atoms with E-state index in [0.29, 0.717) is 5.95 Å². The Morgan fingerprint density at radius 1 is 1.20 bits per heavy atom. The van der Waals surface area contributed by atoms with Gasteiger partial charge in [0.05, 0.1) is 5.69 Å². The molecule has 0 bridgehead atoms. The molecule has 1 aromatic carbocycles. The second-order valence-corrected chi connectivity index (χ2v) is 5.67. The lowest BCUT2D eigenvalue weighted by molar-refractivity contribution is 0.823. The molecule has 1 heterocycles. The summed E-state index contributed by atoms with van der Waals surface area (Å²) in [7, 11) is 0. The van der Waals surface area contributed by atoms with Crippen LogP contribution >= 0.6 is 23.4 Å². The van der Waals surface area contributed by atoms with Gasteiger partial charge >= 0.3 is 0 Å². The summed E-state index contributed by atoms with van der Waals surface area (Å²) in [6.45, 7) is 3.06. The van der Waals surface area contributed by atoms with Gasteiger partial charge in [0.2, 0.25) is 5.95 Å². The number of thioether (sulfide) groups is 1. The van der Waals surface area contributed by atoms with Crippen LogP contribution in [0.4, 0.5) is 5.95 Å². The highest BCUT2D eigenvalue weighted by molar-refractivity contribution is 7.98.